The van der Waals surface area contributed by atoms with Crippen LogP contribution in [0.15, 0.2) is 75.8 Å². The topological polar surface area (TPSA) is 110 Å². The number of methoxy groups -OCH3 is 2. The SMILES string of the molecule is CCOC(=O)Cn1cc(C=c2sc3n(c2=O)C(c2ccccc2OC)C(C(=O)OCCOC)=C(C)N=3)c2ccccc21. The molecule has 218 valence electrons. The van der Waals surface area contributed by atoms with Crippen LogP contribution >= 0.6 is 11.3 Å². The maximum absolute atomic E-state index is 14.1. The number of aromatic nitrogens is 2. The number of hydrogen-bond acceptors (Lipinski definition) is 9. The molecular weight excluding hydrogens is 558 g/mol. The molecule has 3 heterocycles. The Balaban J connectivity index is 1.68. The molecule has 1 aliphatic heterocycles. The monoisotopic (exact) mass is 589 g/mol. The standard InChI is InChI=1S/C31H31N3O7S/c1-5-40-26(35)18-33-17-20(21-10-6-8-12-23(21)33)16-25-29(36)34-28(22-11-7-9-13-24(22)39-4)27(19(2)32-31(34)42-25)30(37)41-15-14-38-3/h6-13,16-17,28H,5,14-15,18H2,1-4H3. The minimum absolute atomic E-state index is 0.0466. The van der Waals surface area contributed by atoms with Crippen molar-refractivity contribution < 1.29 is 28.5 Å². The first-order valence-electron chi connectivity index (χ1n) is 13.4. The van der Waals surface area contributed by atoms with Crippen LogP contribution < -0.4 is 19.6 Å². The van der Waals surface area contributed by atoms with Gasteiger partial charge in [0.2, 0.25) is 0 Å². The highest BCUT2D eigenvalue weighted by molar-refractivity contribution is 7.07. The molecule has 11 heteroatoms. The predicted molar refractivity (Wildman–Crippen MR) is 158 cm³/mol. The zero-order valence-electron chi connectivity index (χ0n) is 23.8. The van der Waals surface area contributed by atoms with Gasteiger partial charge in [0.1, 0.15) is 24.9 Å². The Hall–Kier alpha value is -4.48. The summed E-state index contributed by atoms with van der Waals surface area (Å²) in [6.07, 6.45) is 3.63. The van der Waals surface area contributed by atoms with Crippen LogP contribution in [0.2, 0.25) is 0 Å². The second-order valence-corrected chi connectivity index (χ2v) is 10.5. The van der Waals surface area contributed by atoms with E-state index in [2.05, 4.69) is 4.99 Å². The van der Waals surface area contributed by atoms with Crippen LogP contribution in [0.5, 0.6) is 5.75 Å². The first kappa shape index (κ1) is 29.0. The van der Waals surface area contributed by atoms with E-state index in [0.717, 1.165) is 16.5 Å². The predicted octanol–water partition coefficient (Wildman–Crippen LogP) is 2.95. The largest absolute Gasteiger partial charge is 0.496 e. The van der Waals surface area contributed by atoms with Gasteiger partial charge in [0.15, 0.2) is 4.80 Å². The number of ether oxygens (including phenoxy) is 4. The van der Waals surface area contributed by atoms with E-state index >= 15 is 0 Å². The Bertz CT molecular complexity index is 1860. The first-order chi connectivity index (χ1) is 20.4. The molecule has 0 saturated carbocycles. The summed E-state index contributed by atoms with van der Waals surface area (Å²) in [6.45, 7) is 4.13. The third-order valence-corrected chi connectivity index (χ3v) is 7.89. The van der Waals surface area contributed by atoms with Gasteiger partial charge in [-0.05, 0) is 32.1 Å². The summed E-state index contributed by atoms with van der Waals surface area (Å²) in [5.74, 6) is -0.405. The number of para-hydroxylation sites is 2. The molecule has 42 heavy (non-hydrogen) atoms. The number of hydrogen-bond donors (Lipinski definition) is 0. The summed E-state index contributed by atoms with van der Waals surface area (Å²) >= 11 is 1.23. The summed E-state index contributed by atoms with van der Waals surface area (Å²) in [7, 11) is 3.07. The highest BCUT2D eigenvalue weighted by Gasteiger charge is 2.35. The van der Waals surface area contributed by atoms with Gasteiger partial charge in [-0.15, -0.1) is 0 Å². The van der Waals surface area contributed by atoms with Gasteiger partial charge < -0.3 is 23.5 Å². The number of rotatable bonds is 10. The van der Waals surface area contributed by atoms with Crippen molar-refractivity contribution >= 4 is 40.3 Å². The minimum atomic E-state index is -0.820. The van der Waals surface area contributed by atoms with E-state index in [1.165, 1.54) is 23.0 Å². The zero-order chi connectivity index (χ0) is 29.8. The fraction of sp³-hybridized carbons (Fsp3) is 0.290. The fourth-order valence-electron chi connectivity index (χ4n) is 5.07. The molecule has 0 spiro atoms. The molecule has 0 fully saturated rings. The number of esters is 2. The lowest BCUT2D eigenvalue weighted by Gasteiger charge is -2.26. The number of carbonyl (C=O) groups is 2. The normalized spacial score (nSPS) is 15.0. The number of benzene rings is 2. The summed E-state index contributed by atoms with van der Waals surface area (Å²) < 4.78 is 25.1. The van der Waals surface area contributed by atoms with Crippen molar-refractivity contribution in [2.75, 3.05) is 34.0 Å². The van der Waals surface area contributed by atoms with Crippen molar-refractivity contribution in [1.29, 1.82) is 0 Å². The van der Waals surface area contributed by atoms with Gasteiger partial charge in [0.05, 0.1) is 36.1 Å². The van der Waals surface area contributed by atoms with Gasteiger partial charge in [0.25, 0.3) is 5.56 Å². The van der Waals surface area contributed by atoms with E-state index in [1.54, 1.807) is 33.1 Å². The highest BCUT2D eigenvalue weighted by atomic mass is 32.1. The highest BCUT2D eigenvalue weighted by Crippen LogP contribution is 2.35. The summed E-state index contributed by atoms with van der Waals surface area (Å²) in [5.41, 5.74) is 2.63. The molecule has 5 rings (SSSR count). The quantitative estimate of drug-likeness (QED) is 0.207. The number of allylic oxidation sites excluding steroid dienone is 1. The Morgan fingerprint density at radius 3 is 2.57 bits per heavy atom. The molecule has 0 saturated heterocycles. The Kier molecular flexibility index (Phi) is 8.69. The second kappa shape index (κ2) is 12.6. The summed E-state index contributed by atoms with van der Waals surface area (Å²) in [6, 6.07) is 14.1. The van der Waals surface area contributed by atoms with Crippen LogP contribution in [-0.4, -0.2) is 55.1 Å². The minimum Gasteiger partial charge on any atom is -0.496 e. The van der Waals surface area contributed by atoms with Crippen molar-refractivity contribution in [3.8, 4) is 5.75 Å². The van der Waals surface area contributed by atoms with E-state index in [9.17, 15) is 14.4 Å². The number of thiazole rings is 1. The van der Waals surface area contributed by atoms with Gasteiger partial charge in [-0.1, -0.05) is 47.7 Å². The maximum atomic E-state index is 14.1. The average Bonchev–Trinajstić information content (AvgIpc) is 3.48. The van der Waals surface area contributed by atoms with Gasteiger partial charge >= 0.3 is 11.9 Å². The van der Waals surface area contributed by atoms with Gasteiger partial charge in [-0.25, -0.2) is 9.79 Å². The molecule has 1 unspecified atom stereocenters. The van der Waals surface area contributed by atoms with Gasteiger partial charge in [-0.2, -0.15) is 0 Å². The lowest BCUT2D eigenvalue weighted by atomic mass is 9.95. The van der Waals surface area contributed by atoms with E-state index in [-0.39, 0.29) is 36.9 Å². The molecule has 0 amide bonds. The molecule has 4 aromatic rings. The van der Waals surface area contributed by atoms with Gasteiger partial charge in [0, 0.05) is 35.3 Å². The lowest BCUT2D eigenvalue weighted by Crippen LogP contribution is -2.40. The Morgan fingerprint density at radius 1 is 1.05 bits per heavy atom. The van der Waals surface area contributed by atoms with E-state index in [0.29, 0.717) is 33.0 Å². The number of fused-ring (bicyclic) bond motifs is 2. The molecule has 1 aliphatic rings. The molecule has 0 bridgehead atoms. The van der Waals surface area contributed by atoms with E-state index in [4.69, 9.17) is 18.9 Å². The third kappa shape index (κ3) is 5.53. The molecule has 0 radical (unpaired) electrons. The molecule has 1 atom stereocenters. The van der Waals surface area contributed by atoms with Crippen molar-refractivity contribution in [3.63, 3.8) is 0 Å². The lowest BCUT2D eigenvalue weighted by molar-refractivity contribution is -0.144. The van der Waals surface area contributed by atoms with Crippen molar-refractivity contribution in [2.45, 2.75) is 26.4 Å². The molecular formula is C31H31N3O7S. The second-order valence-electron chi connectivity index (χ2n) is 9.49. The van der Waals surface area contributed by atoms with Crippen molar-refractivity contribution in [2.24, 2.45) is 4.99 Å². The van der Waals surface area contributed by atoms with Crippen molar-refractivity contribution in [3.05, 3.63) is 96.8 Å². The average molecular weight is 590 g/mol. The molecule has 2 aromatic heterocycles. The van der Waals surface area contributed by atoms with Crippen molar-refractivity contribution in [1.82, 2.24) is 9.13 Å². The first-order valence-corrected chi connectivity index (χ1v) is 14.2. The molecule has 0 aliphatic carbocycles. The van der Waals surface area contributed by atoms with E-state index in [1.807, 2.05) is 53.2 Å². The fourth-order valence-corrected chi connectivity index (χ4v) is 6.11. The number of carbonyl (C=O) groups excluding carboxylic acids is 2. The Labute approximate surface area is 245 Å². The maximum Gasteiger partial charge on any atom is 0.338 e. The smallest absolute Gasteiger partial charge is 0.338 e. The van der Waals surface area contributed by atoms with Crippen LogP contribution in [-0.2, 0) is 30.3 Å². The molecule has 2 aromatic carbocycles. The van der Waals surface area contributed by atoms with Crippen LogP contribution in [0.25, 0.3) is 17.0 Å². The zero-order valence-corrected chi connectivity index (χ0v) is 24.6. The van der Waals surface area contributed by atoms with Crippen LogP contribution in [0.4, 0.5) is 0 Å². The summed E-state index contributed by atoms with van der Waals surface area (Å²) in [5, 5.41) is 0.882. The van der Waals surface area contributed by atoms with Crippen LogP contribution in [0.3, 0.4) is 0 Å². The van der Waals surface area contributed by atoms with Gasteiger partial charge in [-0.3, -0.25) is 14.2 Å². The van der Waals surface area contributed by atoms with E-state index < -0.39 is 12.0 Å². The third-order valence-electron chi connectivity index (χ3n) is 6.91. The molecule has 10 nitrogen and oxygen atoms in total. The van der Waals surface area contributed by atoms with Crippen LogP contribution in [0, 0.1) is 0 Å². The molecule has 0 N–H and O–H groups in total. The van der Waals surface area contributed by atoms with Crippen LogP contribution in [0.1, 0.15) is 31.0 Å². The Morgan fingerprint density at radius 2 is 1.81 bits per heavy atom. The summed E-state index contributed by atoms with van der Waals surface area (Å²) in [4.78, 5) is 44.8. The number of nitrogens with zero attached hydrogens (tertiary/aromatic N) is 3.